The third kappa shape index (κ3) is 1.78. The van der Waals surface area contributed by atoms with Crippen LogP contribution in [0.1, 0.15) is 33.8 Å². The topological polar surface area (TPSA) is 70.8 Å². The van der Waals surface area contributed by atoms with Crippen molar-refractivity contribution < 1.29 is 14.7 Å². The average Bonchev–Trinajstić information content (AvgIpc) is 3.25. The van der Waals surface area contributed by atoms with Crippen LogP contribution in [-0.2, 0) is 10.2 Å². The largest absolute Gasteiger partial charge is 0.478 e. The molecule has 23 heavy (non-hydrogen) atoms. The highest BCUT2D eigenvalue weighted by molar-refractivity contribution is 6.10. The first-order valence-electron chi connectivity index (χ1n) is 7.23. The van der Waals surface area contributed by atoms with Gasteiger partial charge in [-0.05, 0) is 35.7 Å². The van der Waals surface area contributed by atoms with E-state index in [-0.39, 0.29) is 17.4 Å². The second-order valence-corrected chi connectivity index (χ2v) is 5.95. The Morgan fingerprint density at radius 3 is 2.65 bits per heavy atom. The number of anilines is 1. The molecule has 0 saturated heterocycles. The maximum Gasteiger partial charge on any atom is 0.335 e. The Bertz CT molecular complexity index is 895. The normalized spacial score (nSPS) is 24.0. The Labute approximate surface area is 132 Å². The van der Waals surface area contributed by atoms with Gasteiger partial charge < -0.3 is 10.4 Å². The Morgan fingerprint density at radius 2 is 2.00 bits per heavy atom. The van der Waals surface area contributed by atoms with E-state index in [1.54, 1.807) is 24.3 Å². The fraction of sp³-hybridized carbons (Fsp3) is 0.167. The number of rotatable bonds is 2. The lowest BCUT2D eigenvalue weighted by molar-refractivity contribution is -0.118. The van der Waals surface area contributed by atoms with Crippen LogP contribution in [0, 0.1) is 6.57 Å². The van der Waals surface area contributed by atoms with Crippen molar-refractivity contribution in [3.63, 3.8) is 0 Å². The van der Waals surface area contributed by atoms with Gasteiger partial charge in [-0.2, -0.15) is 0 Å². The fourth-order valence-electron chi connectivity index (χ4n) is 3.51. The van der Waals surface area contributed by atoms with Crippen molar-refractivity contribution in [2.45, 2.75) is 17.8 Å². The second-order valence-electron chi connectivity index (χ2n) is 5.95. The van der Waals surface area contributed by atoms with Crippen LogP contribution in [0.2, 0.25) is 0 Å². The van der Waals surface area contributed by atoms with E-state index in [0.717, 1.165) is 11.1 Å². The fourth-order valence-corrected chi connectivity index (χ4v) is 3.51. The van der Waals surface area contributed by atoms with E-state index in [9.17, 15) is 14.7 Å². The molecule has 5 heteroatoms. The summed E-state index contributed by atoms with van der Waals surface area (Å²) in [7, 11) is 0. The van der Waals surface area contributed by atoms with E-state index in [2.05, 4.69) is 10.2 Å². The van der Waals surface area contributed by atoms with Gasteiger partial charge in [0.2, 0.25) is 5.91 Å². The molecule has 1 fully saturated rings. The monoisotopic (exact) mass is 304 g/mol. The quantitative estimate of drug-likeness (QED) is 0.836. The van der Waals surface area contributed by atoms with E-state index in [1.165, 1.54) is 6.07 Å². The number of carboxylic acid groups (broad SMARTS) is 1. The molecule has 1 saturated carbocycles. The van der Waals surface area contributed by atoms with E-state index in [1.807, 2.05) is 12.1 Å². The minimum Gasteiger partial charge on any atom is -0.478 e. The molecule has 1 amide bonds. The van der Waals surface area contributed by atoms with Gasteiger partial charge in [0.15, 0.2) is 5.69 Å². The molecule has 4 rings (SSSR count). The summed E-state index contributed by atoms with van der Waals surface area (Å²) in [6.45, 7) is 7.00. The second kappa shape index (κ2) is 4.43. The lowest BCUT2D eigenvalue weighted by atomic mass is 9.91. The molecular formula is C18H12N2O3. The number of nitrogens with one attached hydrogen (secondary N) is 1. The number of carbonyl (C=O) groups is 2. The molecule has 2 aliphatic rings. The zero-order valence-corrected chi connectivity index (χ0v) is 12.0. The first kappa shape index (κ1) is 13.5. The van der Waals surface area contributed by atoms with Crippen molar-refractivity contribution in [1.29, 1.82) is 0 Å². The number of hydrogen-bond donors (Lipinski definition) is 2. The molecule has 2 aromatic carbocycles. The molecule has 1 aliphatic carbocycles. The maximum absolute atomic E-state index is 12.5. The first-order chi connectivity index (χ1) is 11.1. The summed E-state index contributed by atoms with van der Waals surface area (Å²) in [6.07, 6.45) is 0.659. The molecule has 1 heterocycles. The Hall–Kier alpha value is -3.13. The van der Waals surface area contributed by atoms with E-state index in [4.69, 9.17) is 6.57 Å². The molecule has 0 radical (unpaired) electrons. The van der Waals surface area contributed by atoms with Crippen LogP contribution in [0.25, 0.3) is 4.85 Å². The minimum absolute atomic E-state index is 0.0209. The lowest BCUT2D eigenvalue weighted by Gasteiger charge is -2.09. The number of hydrogen-bond acceptors (Lipinski definition) is 2. The van der Waals surface area contributed by atoms with Gasteiger partial charge in [-0.15, -0.1) is 0 Å². The number of benzene rings is 2. The summed E-state index contributed by atoms with van der Waals surface area (Å²) in [4.78, 5) is 27.1. The Balaban J connectivity index is 1.76. The van der Waals surface area contributed by atoms with Crippen LogP contribution in [0.3, 0.4) is 0 Å². The predicted octanol–water partition coefficient (Wildman–Crippen LogP) is 3.31. The third-order valence-corrected chi connectivity index (χ3v) is 4.79. The van der Waals surface area contributed by atoms with Crippen LogP contribution in [0.15, 0.2) is 42.5 Å². The average molecular weight is 304 g/mol. The summed E-state index contributed by atoms with van der Waals surface area (Å²) in [5, 5.41) is 12.0. The molecule has 1 spiro atoms. The SMILES string of the molecule is [C-]#[N+]c1ccc([C@H]2C[C@]23C(=O)Nc2ccc(C(=O)O)cc23)cc1. The molecule has 1 aliphatic heterocycles. The number of nitrogens with zero attached hydrogens (tertiary/aromatic N) is 1. The van der Waals surface area contributed by atoms with E-state index < -0.39 is 11.4 Å². The predicted molar refractivity (Wildman–Crippen MR) is 83.8 cm³/mol. The smallest absolute Gasteiger partial charge is 0.335 e. The number of aromatic carboxylic acids is 1. The van der Waals surface area contributed by atoms with Gasteiger partial charge in [-0.25, -0.2) is 9.64 Å². The van der Waals surface area contributed by atoms with Crippen molar-refractivity contribution in [3.05, 3.63) is 70.6 Å². The zero-order valence-electron chi connectivity index (χ0n) is 12.0. The molecule has 2 aromatic rings. The number of carbonyl (C=O) groups excluding carboxylic acids is 1. The van der Waals surface area contributed by atoms with Gasteiger partial charge in [0, 0.05) is 11.6 Å². The zero-order chi connectivity index (χ0) is 16.2. The number of fused-ring (bicyclic) bond motifs is 2. The molecule has 5 nitrogen and oxygen atoms in total. The summed E-state index contributed by atoms with van der Waals surface area (Å²) in [5.41, 5.74) is 2.55. The minimum atomic E-state index is -0.999. The van der Waals surface area contributed by atoms with Gasteiger partial charge in [-0.3, -0.25) is 4.79 Å². The van der Waals surface area contributed by atoms with Crippen LogP contribution < -0.4 is 5.32 Å². The summed E-state index contributed by atoms with van der Waals surface area (Å²) < 4.78 is 0. The van der Waals surface area contributed by atoms with Crippen molar-refractivity contribution in [1.82, 2.24) is 0 Å². The molecule has 0 bridgehead atoms. The first-order valence-corrected chi connectivity index (χ1v) is 7.23. The summed E-state index contributed by atoms with van der Waals surface area (Å²) in [5.74, 6) is -1.05. The standard InChI is InChI=1S/C18H12N2O3/c1-19-12-5-2-10(3-6-12)14-9-18(14)13-8-11(16(21)22)4-7-15(13)20-17(18)23/h2-8,14H,9H2,(H,20,23)(H,21,22)/t14-,18-/m1/s1. The highest BCUT2D eigenvalue weighted by Crippen LogP contribution is 2.65. The number of amides is 1. The summed E-state index contributed by atoms with van der Waals surface area (Å²) in [6, 6.07) is 12.0. The highest BCUT2D eigenvalue weighted by Gasteiger charge is 2.65. The van der Waals surface area contributed by atoms with Crippen molar-refractivity contribution in [3.8, 4) is 0 Å². The van der Waals surface area contributed by atoms with Crippen molar-refractivity contribution in [2.75, 3.05) is 5.32 Å². The molecule has 0 aromatic heterocycles. The summed E-state index contributed by atoms with van der Waals surface area (Å²) >= 11 is 0. The van der Waals surface area contributed by atoms with E-state index in [0.29, 0.717) is 17.8 Å². The van der Waals surface area contributed by atoms with Crippen LogP contribution in [0.4, 0.5) is 11.4 Å². The van der Waals surface area contributed by atoms with Crippen molar-refractivity contribution in [2.24, 2.45) is 0 Å². The van der Waals surface area contributed by atoms with Gasteiger partial charge >= 0.3 is 5.97 Å². The van der Waals surface area contributed by atoms with Crippen LogP contribution in [-0.4, -0.2) is 17.0 Å². The van der Waals surface area contributed by atoms with Crippen LogP contribution >= 0.6 is 0 Å². The molecule has 2 N–H and O–H groups in total. The highest BCUT2D eigenvalue weighted by atomic mass is 16.4. The van der Waals surface area contributed by atoms with Crippen molar-refractivity contribution >= 4 is 23.3 Å². The van der Waals surface area contributed by atoms with Gasteiger partial charge in [0.25, 0.3) is 0 Å². The molecule has 0 unspecified atom stereocenters. The molecular weight excluding hydrogens is 292 g/mol. The van der Waals surface area contributed by atoms with Gasteiger partial charge in [0.05, 0.1) is 17.6 Å². The Morgan fingerprint density at radius 1 is 1.26 bits per heavy atom. The number of carboxylic acids is 1. The van der Waals surface area contributed by atoms with Crippen LogP contribution in [0.5, 0.6) is 0 Å². The lowest BCUT2D eigenvalue weighted by Crippen LogP contribution is -2.21. The maximum atomic E-state index is 12.5. The van der Waals surface area contributed by atoms with E-state index >= 15 is 0 Å². The molecule has 2 atom stereocenters. The third-order valence-electron chi connectivity index (χ3n) is 4.79. The van der Waals surface area contributed by atoms with Gasteiger partial charge in [-0.1, -0.05) is 24.3 Å². The molecule has 112 valence electrons. The Kier molecular flexibility index (Phi) is 2.61. The van der Waals surface area contributed by atoms with Gasteiger partial charge in [0.1, 0.15) is 0 Å².